The Morgan fingerprint density at radius 2 is 2.30 bits per heavy atom. The van der Waals surface area contributed by atoms with Crippen molar-refractivity contribution in [3.05, 3.63) is 36.3 Å². The molecule has 0 amide bonds. The first-order chi connectivity index (χ1) is 9.63. The second-order valence-corrected chi connectivity index (χ2v) is 5.13. The van der Waals surface area contributed by atoms with Gasteiger partial charge in [-0.2, -0.15) is 0 Å². The van der Waals surface area contributed by atoms with Crippen LogP contribution in [0.5, 0.6) is 0 Å². The molecule has 112 valence electrons. The van der Waals surface area contributed by atoms with Gasteiger partial charge in [-0.15, -0.1) is 0 Å². The lowest BCUT2D eigenvalue weighted by atomic mass is 10.3. The quantitative estimate of drug-likeness (QED) is 0.451. The maximum atomic E-state index is 5.33. The number of hydrogen-bond donors (Lipinski definition) is 1. The van der Waals surface area contributed by atoms with Crippen LogP contribution in [0, 0.1) is 0 Å². The number of furan rings is 1. The van der Waals surface area contributed by atoms with Gasteiger partial charge in [0.25, 0.3) is 0 Å². The van der Waals surface area contributed by atoms with Crippen LogP contribution in [0.2, 0.25) is 0 Å². The molecule has 0 saturated heterocycles. The average molecular weight is 277 g/mol. The minimum absolute atomic E-state index is 0.666. The highest BCUT2D eigenvalue weighted by molar-refractivity contribution is 5.79. The van der Waals surface area contributed by atoms with E-state index in [1.807, 2.05) is 19.1 Å². The minimum atomic E-state index is 0.666. The molecule has 4 nitrogen and oxygen atoms in total. The van der Waals surface area contributed by atoms with Gasteiger partial charge < -0.3 is 14.6 Å². The lowest BCUT2D eigenvalue weighted by molar-refractivity contribution is 0.459. The van der Waals surface area contributed by atoms with Gasteiger partial charge in [0.1, 0.15) is 5.76 Å². The third-order valence-electron chi connectivity index (χ3n) is 2.94. The number of unbranched alkanes of at least 4 members (excludes halogenated alkanes) is 1. The molecule has 1 N–H and O–H groups in total. The summed E-state index contributed by atoms with van der Waals surface area (Å²) in [5.74, 6) is 1.93. The summed E-state index contributed by atoms with van der Waals surface area (Å²) in [6.07, 6.45) is 4.92. The fourth-order valence-electron chi connectivity index (χ4n) is 1.77. The molecule has 0 unspecified atom stereocenters. The van der Waals surface area contributed by atoms with Crippen molar-refractivity contribution in [2.24, 2.45) is 4.99 Å². The van der Waals surface area contributed by atoms with Gasteiger partial charge in [-0.1, -0.05) is 25.5 Å². The molecular formula is C16H27N3O. The maximum Gasteiger partial charge on any atom is 0.193 e. The summed E-state index contributed by atoms with van der Waals surface area (Å²) in [6, 6.07) is 3.91. The molecule has 0 saturated carbocycles. The first-order valence-corrected chi connectivity index (χ1v) is 7.29. The summed E-state index contributed by atoms with van der Waals surface area (Å²) in [6.45, 7) is 10.6. The van der Waals surface area contributed by atoms with Crippen molar-refractivity contribution in [3.8, 4) is 0 Å². The first kappa shape index (κ1) is 16.3. The van der Waals surface area contributed by atoms with Gasteiger partial charge in [-0.05, 0) is 25.5 Å². The molecule has 0 atom stereocenters. The van der Waals surface area contributed by atoms with Crippen molar-refractivity contribution >= 4 is 5.96 Å². The van der Waals surface area contributed by atoms with Gasteiger partial charge in [0.15, 0.2) is 5.96 Å². The second-order valence-electron chi connectivity index (χ2n) is 5.13. The van der Waals surface area contributed by atoms with Crippen LogP contribution < -0.4 is 5.32 Å². The molecule has 1 aromatic rings. The first-order valence-electron chi connectivity index (χ1n) is 7.29. The molecule has 1 heterocycles. The highest BCUT2D eigenvalue weighted by Crippen LogP contribution is 2.00. The standard InChI is InChI=1S/C16H27N3O/c1-5-6-11-19(4)16(18-13-14(2)3)17-10-9-15-8-7-12-20-15/h7-8,12H,2,5-6,9-11,13H2,1,3-4H3,(H,17,18). The Balaban J connectivity index is 2.48. The Labute approximate surface area is 122 Å². The van der Waals surface area contributed by atoms with Crippen LogP contribution in [0.1, 0.15) is 32.4 Å². The van der Waals surface area contributed by atoms with Crippen molar-refractivity contribution < 1.29 is 4.42 Å². The lowest BCUT2D eigenvalue weighted by Gasteiger charge is -2.22. The SMILES string of the molecule is C=C(C)CN=C(NCCc1ccco1)N(C)CCCC. The number of rotatable bonds is 8. The minimum Gasteiger partial charge on any atom is -0.469 e. The normalized spacial score (nSPS) is 11.4. The Hall–Kier alpha value is -1.71. The molecule has 0 aliphatic rings. The Morgan fingerprint density at radius 3 is 2.90 bits per heavy atom. The molecule has 1 aromatic heterocycles. The molecule has 20 heavy (non-hydrogen) atoms. The van der Waals surface area contributed by atoms with E-state index in [1.54, 1.807) is 6.26 Å². The van der Waals surface area contributed by atoms with Gasteiger partial charge in [-0.3, -0.25) is 0 Å². The summed E-state index contributed by atoms with van der Waals surface area (Å²) >= 11 is 0. The van der Waals surface area contributed by atoms with Crippen LogP contribution in [0.25, 0.3) is 0 Å². The van der Waals surface area contributed by atoms with Crippen molar-refractivity contribution in [2.45, 2.75) is 33.1 Å². The predicted molar refractivity (Wildman–Crippen MR) is 85.1 cm³/mol. The molecule has 0 aromatic carbocycles. The van der Waals surface area contributed by atoms with Crippen molar-refractivity contribution in [3.63, 3.8) is 0 Å². The largest absolute Gasteiger partial charge is 0.469 e. The van der Waals surface area contributed by atoms with Crippen LogP contribution in [0.3, 0.4) is 0 Å². The zero-order valence-corrected chi connectivity index (χ0v) is 13.0. The molecule has 0 aliphatic carbocycles. The van der Waals surface area contributed by atoms with Crippen LogP contribution in [-0.2, 0) is 6.42 Å². The second kappa shape index (κ2) is 9.23. The van der Waals surface area contributed by atoms with E-state index >= 15 is 0 Å². The molecule has 0 bridgehead atoms. The van der Waals surface area contributed by atoms with E-state index in [2.05, 4.69) is 35.8 Å². The number of aliphatic imine (C=N–C) groups is 1. The van der Waals surface area contributed by atoms with E-state index in [9.17, 15) is 0 Å². The number of nitrogens with one attached hydrogen (secondary N) is 1. The zero-order valence-electron chi connectivity index (χ0n) is 13.0. The molecule has 1 rings (SSSR count). The van der Waals surface area contributed by atoms with Crippen molar-refractivity contribution in [2.75, 3.05) is 26.7 Å². The average Bonchev–Trinajstić information content (AvgIpc) is 2.92. The predicted octanol–water partition coefficient (Wildman–Crippen LogP) is 3.08. The lowest BCUT2D eigenvalue weighted by Crippen LogP contribution is -2.40. The highest BCUT2D eigenvalue weighted by Gasteiger charge is 2.06. The molecular weight excluding hydrogens is 250 g/mol. The maximum absolute atomic E-state index is 5.33. The Morgan fingerprint density at radius 1 is 1.50 bits per heavy atom. The third kappa shape index (κ3) is 6.45. The topological polar surface area (TPSA) is 40.8 Å². The fourth-order valence-corrected chi connectivity index (χ4v) is 1.77. The van der Waals surface area contributed by atoms with E-state index in [-0.39, 0.29) is 0 Å². The fraction of sp³-hybridized carbons (Fsp3) is 0.562. The summed E-state index contributed by atoms with van der Waals surface area (Å²) in [5.41, 5.74) is 1.07. The van der Waals surface area contributed by atoms with Crippen molar-refractivity contribution in [1.82, 2.24) is 10.2 Å². The summed E-state index contributed by atoms with van der Waals surface area (Å²) in [5, 5.41) is 3.40. The molecule has 0 radical (unpaired) electrons. The van der Waals surface area contributed by atoms with E-state index in [4.69, 9.17) is 4.42 Å². The molecule has 0 fully saturated rings. The molecule has 4 heteroatoms. The van der Waals surface area contributed by atoms with Crippen molar-refractivity contribution in [1.29, 1.82) is 0 Å². The Bertz CT molecular complexity index is 409. The van der Waals surface area contributed by atoms with Gasteiger partial charge in [0.2, 0.25) is 0 Å². The van der Waals surface area contributed by atoms with Crippen LogP contribution in [-0.4, -0.2) is 37.5 Å². The Kier molecular flexibility index (Phi) is 7.55. The molecule has 0 aliphatic heterocycles. The third-order valence-corrected chi connectivity index (χ3v) is 2.94. The summed E-state index contributed by atoms with van der Waals surface area (Å²) in [4.78, 5) is 6.77. The van der Waals surface area contributed by atoms with E-state index in [1.165, 1.54) is 12.8 Å². The summed E-state index contributed by atoms with van der Waals surface area (Å²) in [7, 11) is 2.08. The smallest absolute Gasteiger partial charge is 0.193 e. The van der Waals surface area contributed by atoms with E-state index in [0.29, 0.717) is 6.54 Å². The van der Waals surface area contributed by atoms with Gasteiger partial charge in [0, 0.05) is 26.6 Å². The van der Waals surface area contributed by atoms with Gasteiger partial charge >= 0.3 is 0 Å². The van der Waals surface area contributed by atoms with E-state index in [0.717, 1.165) is 36.8 Å². The zero-order chi connectivity index (χ0) is 14.8. The number of nitrogens with zero attached hydrogens (tertiary/aromatic N) is 2. The van der Waals surface area contributed by atoms with E-state index < -0.39 is 0 Å². The molecule has 0 spiro atoms. The van der Waals surface area contributed by atoms with Gasteiger partial charge in [-0.25, -0.2) is 4.99 Å². The van der Waals surface area contributed by atoms with Gasteiger partial charge in [0.05, 0.1) is 12.8 Å². The number of guanidine groups is 1. The highest BCUT2D eigenvalue weighted by atomic mass is 16.3. The van der Waals surface area contributed by atoms with Crippen LogP contribution in [0.4, 0.5) is 0 Å². The monoisotopic (exact) mass is 277 g/mol. The van der Waals surface area contributed by atoms with Crippen LogP contribution in [0.15, 0.2) is 40.0 Å². The number of hydrogen-bond acceptors (Lipinski definition) is 2. The van der Waals surface area contributed by atoms with Crippen LogP contribution >= 0.6 is 0 Å². The summed E-state index contributed by atoms with van der Waals surface area (Å²) < 4.78 is 5.33.